The average molecular weight is 406 g/mol. The monoisotopic (exact) mass is 406 g/mol. The van der Waals surface area contributed by atoms with Crippen LogP contribution in [-0.2, 0) is 0 Å². The number of hydrogen-bond acceptors (Lipinski definition) is 6. The minimum Gasteiger partial charge on any atom is -0.507 e. The van der Waals surface area contributed by atoms with Gasteiger partial charge < -0.3 is 16.2 Å². The number of rotatable bonds is 3. The van der Waals surface area contributed by atoms with Crippen LogP contribution in [0.4, 0.5) is 10.2 Å². The number of nitrogens with zero attached hydrogens (tertiary/aromatic N) is 4. The zero-order valence-corrected chi connectivity index (χ0v) is 16.6. The van der Waals surface area contributed by atoms with Crippen molar-refractivity contribution in [1.82, 2.24) is 25.3 Å². The van der Waals surface area contributed by atoms with Crippen LogP contribution in [0.2, 0.25) is 0 Å². The highest BCUT2D eigenvalue weighted by Crippen LogP contribution is 2.28. The Morgan fingerprint density at radius 2 is 1.93 bits per heavy atom. The number of nitrogens with one attached hydrogen (secondary N) is 1. The molecule has 1 unspecified atom stereocenters. The third-order valence-electron chi connectivity index (χ3n) is 5.52. The van der Waals surface area contributed by atoms with Crippen LogP contribution in [0.25, 0.3) is 11.3 Å². The number of hydrogen-bond donors (Lipinski definition) is 3. The third kappa shape index (κ3) is 3.98. The summed E-state index contributed by atoms with van der Waals surface area (Å²) in [5.41, 5.74) is 7.46. The van der Waals surface area contributed by atoms with Gasteiger partial charge in [0.2, 0.25) is 5.95 Å². The average Bonchev–Trinajstić information content (AvgIpc) is 3.14. The van der Waals surface area contributed by atoms with E-state index < -0.39 is 5.95 Å². The molecular formula is C22H23FN6O. The predicted molar refractivity (Wildman–Crippen MR) is 112 cm³/mol. The predicted octanol–water partition coefficient (Wildman–Crippen LogP) is 2.73. The highest BCUT2D eigenvalue weighted by Gasteiger charge is 2.24. The van der Waals surface area contributed by atoms with Gasteiger partial charge in [-0.3, -0.25) is 0 Å². The van der Waals surface area contributed by atoms with Gasteiger partial charge in [0, 0.05) is 5.56 Å². The smallest absolute Gasteiger partial charge is 0.227 e. The fourth-order valence-electron chi connectivity index (χ4n) is 3.70. The maximum Gasteiger partial charge on any atom is 0.227 e. The zero-order valence-electron chi connectivity index (χ0n) is 16.6. The maximum absolute atomic E-state index is 14.9. The Hall–Kier alpha value is -3.44. The summed E-state index contributed by atoms with van der Waals surface area (Å²) in [6.45, 7) is 3.88. The van der Waals surface area contributed by atoms with Gasteiger partial charge in [0.05, 0.1) is 29.1 Å². The maximum atomic E-state index is 14.9. The van der Waals surface area contributed by atoms with Crippen LogP contribution in [0, 0.1) is 23.7 Å². The quantitative estimate of drug-likeness (QED) is 0.578. The molecule has 0 radical (unpaired) electrons. The second-order valence-corrected chi connectivity index (χ2v) is 7.42. The van der Waals surface area contributed by atoms with E-state index in [2.05, 4.69) is 32.5 Å². The molecule has 3 aromatic rings. The van der Waals surface area contributed by atoms with Crippen LogP contribution in [0.5, 0.6) is 5.75 Å². The highest BCUT2D eigenvalue weighted by molar-refractivity contribution is 5.69. The van der Waals surface area contributed by atoms with E-state index >= 15 is 0 Å². The fourth-order valence-corrected chi connectivity index (χ4v) is 3.70. The first-order chi connectivity index (χ1) is 14.5. The molecule has 0 aliphatic carbocycles. The molecular weight excluding hydrogens is 383 g/mol. The lowest BCUT2D eigenvalue weighted by Crippen LogP contribution is -2.32. The summed E-state index contributed by atoms with van der Waals surface area (Å²) in [4.78, 5) is 0. The lowest BCUT2D eigenvalue weighted by atomic mass is 9.91. The molecule has 0 saturated carbocycles. The summed E-state index contributed by atoms with van der Waals surface area (Å²) in [6, 6.07) is 8.37. The number of benzene rings is 1. The molecule has 8 heteroatoms. The number of para-hydroxylation sites is 1. The van der Waals surface area contributed by atoms with E-state index in [1.807, 2.05) is 6.92 Å². The first kappa shape index (κ1) is 19.9. The van der Waals surface area contributed by atoms with E-state index in [0.717, 1.165) is 25.9 Å². The van der Waals surface area contributed by atoms with Crippen molar-refractivity contribution in [3.63, 3.8) is 0 Å². The molecule has 1 aliphatic rings. The van der Waals surface area contributed by atoms with Crippen molar-refractivity contribution in [2.24, 2.45) is 5.92 Å². The van der Waals surface area contributed by atoms with Gasteiger partial charge in [-0.25, -0.2) is 4.68 Å². The van der Waals surface area contributed by atoms with Gasteiger partial charge in [0.1, 0.15) is 5.75 Å². The van der Waals surface area contributed by atoms with Crippen molar-refractivity contribution in [1.29, 1.82) is 0 Å². The van der Waals surface area contributed by atoms with Crippen LogP contribution in [0.3, 0.4) is 0 Å². The lowest BCUT2D eigenvalue weighted by molar-refractivity contribution is 0.240. The molecule has 0 spiro atoms. The molecule has 154 valence electrons. The largest absolute Gasteiger partial charge is 0.507 e. The first-order valence-electron chi connectivity index (χ1n) is 9.92. The number of aromatic nitrogens is 4. The number of phenols is 1. The number of nitrogens with two attached hydrogens (primary N) is 1. The van der Waals surface area contributed by atoms with Gasteiger partial charge in [0.25, 0.3) is 0 Å². The molecule has 7 nitrogen and oxygen atoms in total. The minimum atomic E-state index is -0.449. The zero-order chi connectivity index (χ0) is 21.1. The first-order valence-corrected chi connectivity index (χ1v) is 9.92. The van der Waals surface area contributed by atoms with E-state index in [1.165, 1.54) is 10.9 Å². The number of piperidine rings is 1. The van der Waals surface area contributed by atoms with Crippen molar-refractivity contribution >= 4 is 5.82 Å². The van der Waals surface area contributed by atoms with E-state index in [0.29, 0.717) is 22.7 Å². The van der Waals surface area contributed by atoms with Crippen LogP contribution in [0.15, 0.2) is 36.5 Å². The van der Waals surface area contributed by atoms with Gasteiger partial charge in [-0.15, -0.1) is 10.2 Å². The molecule has 4 N–H and O–H groups in total. The molecule has 3 heterocycles. The molecule has 1 atom stereocenters. The molecule has 1 aromatic carbocycles. The SMILES string of the molecule is CC(C1CCNCC1)n1ncc(C#Cc2cc(-c3ccccc3O)nnc2N)c1F. The Bertz CT molecular complexity index is 1110. The van der Waals surface area contributed by atoms with E-state index in [9.17, 15) is 9.50 Å². The lowest BCUT2D eigenvalue weighted by Gasteiger charge is -2.28. The number of phenolic OH excluding ortho intramolecular Hbond substituents is 1. The summed E-state index contributed by atoms with van der Waals surface area (Å²) in [7, 11) is 0. The summed E-state index contributed by atoms with van der Waals surface area (Å²) < 4.78 is 16.3. The molecule has 30 heavy (non-hydrogen) atoms. The van der Waals surface area contributed by atoms with Crippen LogP contribution < -0.4 is 11.1 Å². The number of aromatic hydroxyl groups is 1. The fraction of sp³-hybridized carbons (Fsp3) is 0.318. The Balaban J connectivity index is 1.61. The Labute approximate surface area is 174 Å². The summed E-state index contributed by atoms with van der Waals surface area (Å²) in [5, 5.41) is 25.5. The van der Waals surface area contributed by atoms with Crippen LogP contribution >= 0.6 is 0 Å². The van der Waals surface area contributed by atoms with Crippen LogP contribution in [-0.4, -0.2) is 38.2 Å². The molecule has 2 aromatic heterocycles. The second-order valence-electron chi connectivity index (χ2n) is 7.42. The summed E-state index contributed by atoms with van der Waals surface area (Å²) in [5.74, 6) is 5.82. The van der Waals surface area contributed by atoms with Crippen molar-refractivity contribution in [2.45, 2.75) is 25.8 Å². The standard InChI is InChI=1S/C22H23FN6O/c1-14(15-8-10-25-11-9-15)29-21(23)17(13-26-29)7-6-16-12-19(27-28-22(16)24)18-4-2-3-5-20(18)30/h2-5,12-15,25,30H,8-11H2,1H3,(H2,24,28). The van der Waals surface area contributed by atoms with Gasteiger partial charge in [-0.05, 0) is 57.0 Å². The van der Waals surface area contributed by atoms with E-state index in [4.69, 9.17) is 5.73 Å². The van der Waals surface area contributed by atoms with Gasteiger partial charge in [-0.1, -0.05) is 24.0 Å². The molecule has 1 fully saturated rings. The molecule has 1 aliphatic heterocycles. The van der Waals surface area contributed by atoms with Crippen molar-refractivity contribution < 1.29 is 9.50 Å². The Kier molecular flexibility index (Phi) is 5.63. The Morgan fingerprint density at radius 3 is 2.70 bits per heavy atom. The third-order valence-corrected chi connectivity index (χ3v) is 5.52. The van der Waals surface area contributed by atoms with Gasteiger partial charge in [-0.2, -0.15) is 9.49 Å². The van der Waals surface area contributed by atoms with E-state index in [-0.39, 0.29) is 23.2 Å². The molecule has 1 saturated heterocycles. The number of anilines is 1. The highest BCUT2D eigenvalue weighted by atomic mass is 19.1. The minimum absolute atomic E-state index is 0.0389. The van der Waals surface area contributed by atoms with Gasteiger partial charge >= 0.3 is 0 Å². The summed E-state index contributed by atoms with van der Waals surface area (Å²) >= 11 is 0. The second kappa shape index (κ2) is 8.51. The summed E-state index contributed by atoms with van der Waals surface area (Å²) in [6.07, 6.45) is 3.43. The normalized spacial score (nSPS) is 15.4. The van der Waals surface area contributed by atoms with Crippen LogP contribution in [0.1, 0.15) is 36.9 Å². The molecule has 0 amide bonds. The van der Waals surface area contributed by atoms with Crippen molar-refractivity contribution in [3.05, 3.63) is 53.6 Å². The topological polar surface area (TPSA) is 102 Å². The van der Waals surface area contributed by atoms with Crippen molar-refractivity contribution in [2.75, 3.05) is 18.8 Å². The molecule has 4 rings (SSSR count). The van der Waals surface area contributed by atoms with E-state index in [1.54, 1.807) is 30.3 Å². The van der Waals surface area contributed by atoms with Gasteiger partial charge in [0.15, 0.2) is 5.82 Å². The molecule has 0 bridgehead atoms. The number of halogens is 1. The van der Waals surface area contributed by atoms with Crippen molar-refractivity contribution in [3.8, 4) is 28.8 Å². The number of nitrogen functional groups attached to an aromatic ring is 1. The Morgan fingerprint density at radius 1 is 1.20 bits per heavy atom.